The lowest BCUT2D eigenvalue weighted by atomic mass is 10.2. The summed E-state index contributed by atoms with van der Waals surface area (Å²) >= 11 is 0. The maximum atomic E-state index is 12.4. The van der Waals surface area contributed by atoms with Crippen molar-refractivity contribution >= 4 is 32.0 Å². The second-order valence-corrected chi connectivity index (χ2v) is 9.69. The van der Waals surface area contributed by atoms with Gasteiger partial charge in [0, 0.05) is 11.6 Å². The SMILES string of the molecule is Cc1ccc(S(=O)(=O)Oc2ccc(/C=N/NS(=O)(=O)c3ccccc3)cc2)cc1[N+](=O)[O-]. The minimum atomic E-state index is -4.30. The fraction of sp³-hybridized carbons (Fsp3) is 0.0500. The molecule has 1 N–H and O–H groups in total. The van der Waals surface area contributed by atoms with Crippen molar-refractivity contribution in [1.29, 1.82) is 0 Å². The zero-order chi connectivity index (χ0) is 23.4. The van der Waals surface area contributed by atoms with Crippen LogP contribution in [0, 0.1) is 17.0 Å². The molecule has 0 radical (unpaired) electrons. The van der Waals surface area contributed by atoms with Crippen LogP contribution in [0.2, 0.25) is 0 Å². The van der Waals surface area contributed by atoms with Gasteiger partial charge in [0.2, 0.25) is 0 Å². The van der Waals surface area contributed by atoms with E-state index >= 15 is 0 Å². The normalized spacial score (nSPS) is 11.9. The minimum absolute atomic E-state index is 0.0322. The second-order valence-electron chi connectivity index (χ2n) is 6.48. The first kappa shape index (κ1) is 22.9. The fourth-order valence-corrected chi connectivity index (χ4v) is 4.31. The molecule has 0 saturated carbocycles. The molecule has 0 aromatic heterocycles. The molecular formula is C20H17N3O7S2. The number of nitrogens with zero attached hydrogens (tertiary/aromatic N) is 2. The van der Waals surface area contributed by atoms with E-state index in [1.165, 1.54) is 61.7 Å². The highest BCUT2D eigenvalue weighted by Gasteiger charge is 2.21. The third-order valence-electron chi connectivity index (χ3n) is 4.19. The Kier molecular flexibility index (Phi) is 6.55. The van der Waals surface area contributed by atoms with Gasteiger partial charge in [-0.15, -0.1) is 0 Å². The topological polar surface area (TPSA) is 145 Å². The van der Waals surface area contributed by atoms with E-state index in [1.807, 2.05) is 0 Å². The first-order valence-electron chi connectivity index (χ1n) is 8.98. The molecular weight excluding hydrogens is 458 g/mol. The zero-order valence-corrected chi connectivity index (χ0v) is 18.2. The van der Waals surface area contributed by atoms with Crippen molar-refractivity contribution < 1.29 is 25.9 Å². The van der Waals surface area contributed by atoms with Gasteiger partial charge >= 0.3 is 10.1 Å². The smallest absolute Gasteiger partial charge is 0.339 e. The van der Waals surface area contributed by atoms with Gasteiger partial charge in [0.15, 0.2) is 0 Å². The van der Waals surface area contributed by atoms with Crippen LogP contribution in [0.5, 0.6) is 5.75 Å². The van der Waals surface area contributed by atoms with Crippen molar-refractivity contribution in [3.8, 4) is 5.75 Å². The van der Waals surface area contributed by atoms with Gasteiger partial charge in [0.25, 0.3) is 15.7 Å². The Hall–Kier alpha value is -3.77. The van der Waals surface area contributed by atoms with Crippen LogP contribution in [0.4, 0.5) is 5.69 Å². The largest absolute Gasteiger partial charge is 0.379 e. The second kappa shape index (κ2) is 9.16. The standard InChI is InChI=1S/C20H17N3O7S2/c1-15-7-12-19(13-20(15)23(24)25)32(28,29)30-17-10-8-16(9-11-17)14-21-22-31(26,27)18-5-3-2-4-6-18/h2-14,22H,1H3/b21-14+. The number of nitro groups is 1. The van der Waals surface area contributed by atoms with Crippen LogP contribution >= 0.6 is 0 Å². The van der Waals surface area contributed by atoms with Crippen molar-refractivity contribution in [3.05, 3.63) is 94.0 Å². The first-order valence-corrected chi connectivity index (χ1v) is 11.9. The third-order valence-corrected chi connectivity index (χ3v) is 6.67. The highest BCUT2D eigenvalue weighted by Crippen LogP contribution is 2.25. The average Bonchev–Trinajstić information content (AvgIpc) is 2.75. The van der Waals surface area contributed by atoms with Crippen molar-refractivity contribution in [3.63, 3.8) is 0 Å². The molecule has 0 amide bonds. The van der Waals surface area contributed by atoms with E-state index in [0.717, 1.165) is 6.07 Å². The molecule has 0 bridgehead atoms. The number of hydrogen-bond acceptors (Lipinski definition) is 8. The number of nitrogens with one attached hydrogen (secondary N) is 1. The lowest BCUT2D eigenvalue weighted by Gasteiger charge is -2.08. The van der Waals surface area contributed by atoms with Crippen LogP contribution in [0.15, 0.2) is 87.7 Å². The van der Waals surface area contributed by atoms with E-state index in [2.05, 4.69) is 9.93 Å². The van der Waals surface area contributed by atoms with Crippen LogP contribution in [-0.2, 0) is 20.1 Å². The summed E-state index contributed by atoms with van der Waals surface area (Å²) in [5.41, 5.74) is 0.455. The van der Waals surface area contributed by atoms with Crippen molar-refractivity contribution in [2.24, 2.45) is 5.10 Å². The Morgan fingerprint density at radius 1 is 0.938 bits per heavy atom. The average molecular weight is 476 g/mol. The molecule has 0 fully saturated rings. The summed E-state index contributed by atoms with van der Waals surface area (Å²) in [6.07, 6.45) is 1.24. The van der Waals surface area contributed by atoms with Gasteiger partial charge in [-0.1, -0.05) is 24.3 Å². The fourth-order valence-electron chi connectivity index (χ4n) is 2.55. The number of benzene rings is 3. The molecule has 0 aliphatic carbocycles. The lowest BCUT2D eigenvalue weighted by Crippen LogP contribution is -2.18. The third kappa shape index (κ3) is 5.47. The quantitative estimate of drug-likeness (QED) is 0.228. The molecule has 0 aliphatic rings. The Bertz CT molecular complexity index is 1370. The predicted molar refractivity (Wildman–Crippen MR) is 116 cm³/mol. The van der Waals surface area contributed by atoms with Gasteiger partial charge in [-0.25, -0.2) is 4.83 Å². The van der Waals surface area contributed by atoms with Crippen LogP contribution in [-0.4, -0.2) is 28.0 Å². The number of aryl methyl sites for hydroxylation is 1. The number of hydrogen-bond donors (Lipinski definition) is 1. The highest BCUT2D eigenvalue weighted by molar-refractivity contribution is 7.89. The Morgan fingerprint density at radius 3 is 2.22 bits per heavy atom. The molecule has 10 nitrogen and oxygen atoms in total. The van der Waals surface area contributed by atoms with E-state index in [-0.39, 0.29) is 21.2 Å². The summed E-state index contributed by atoms with van der Waals surface area (Å²) in [5, 5.41) is 14.7. The summed E-state index contributed by atoms with van der Waals surface area (Å²) in [6, 6.07) is 16.8. The number of rotatable bonds is 8. The zero-order valence-electron chi connectivity index (χ0n) is 16.6. The van der Waals surface area contributed by atoms with Crippen LogP contribution in [0.25, 0.3) is 0 Å². The molecule has 0 atom stereocenters. The maximum Gasteiger partial charge on any atom is 0.339 e. The van der Waals surface area contributed by atoms with Crippen LogP contribution in [0.3, 0.4) is 0 Å². The van der Waals surface area contributed by atoms with Gasteiger partial charge in [-0.3, -0.25) is 10.1 Å². The van der Waals surface area contributed by atoms with Crippen molar-refractivity contribution in [2.75, 3.05) is 0 Å². The molecule has 3 aromatic carbocycles. The number of sulfonamides is 1. The summed E-state index contributed by atoms with van der Waals surface area (Å²) in [4.78, 5) is 12.2. The van der Waals surface area contributed by atoms with Gasteiger partial charge in [-0.2, -0.15) is 21.9 Å². The van der Waals surface area contributed by atoms with Crippen molar-refractivity contribution in [1.82, 2.24) is 4.83 Å². The van der Waals surface area contributed by atoms with Gasteiger partial charge < -0.3 is 4.18 Å². The molecule has 12 heteroatoms. The summed E-state index contributed by atoms with van der Waals surface area (Å²) in [7, 11) is -8.10. The molecule has 3 aromatic rings. The van der Waals surface area contributed by atoms with Crippen molar-refractivity contribution in [2.45, 2.75) is 16.7 Å². The lowest BCUT2D eigenvalue weighted by molar-refractivity contribution is -0.385. The van der Waals surface area contributed by atoms with Gasteiger partial charge in [0.05, 0.1) is 16.0 Å². The van der Waals surface area contributed by atoms with E-state index in [4.69, 9.17) is 4.18 Å². The molecule has 0 heterocycles. The molecule has 0 spiro atoms. The Balaban J connectivity index is 1.70. The molecule has 0 aliphatic heterocycles. The summed E-state index contributed by atoms with van der Waals surface area (Å²) < 4.78 is 54.1. The molecule has 0 unspecified atom stereocenters. The number of nitro benzene ring substituents is 1. The molecule has 32 heavy (non-hydrogen) atoms. The predicted octanol–water partition coefficient (Wildman–Crippen LogP) is 2.98. The van der Waals surface area contributed by atoms with Gasteiger partial charge in [-0.05, 0) is 55.0 Å². The van der Waals surface area contributed by atoms with Gasteiger partial charge in [0.1, 0.15) is 10.6 Å². The molecule has 3 rings (SSSR count). The van der Waals surface area contributed by atoms with E-state index in [0.29, 0.717) is 11.1 Å². The first-order chi connectivity index (χ1) is 15.1. The highest BCUT2D eigenvalue weighted by atomic mass is 32.2. The van der Waals surface area contributed by atoms with E-state index < -0.39 is 25.1 Å². The van der Waals surface area contributed by atoms with Crippen LogP contribution in [0.1, 0.15) is 11.1 Å². The van der Waals surface area contributed by atoms with E-state index in [1.54, 1.807) is 18.2 Å². The monoisotopic (exact) mass is 475 g/mol. The minimum Gasteiger partial charge on any atom is -0.379 e. The Morgan fingerprint density at radius 2 is 1.59 bits per heavy atom. The van der Waals surface area contributed by atoms with E-state index in [9.17, 15) is 26.9 Å². The summed E-state index contributed by atoms with van der Waals surface area (Å²) in [6.45, 7) is 1.50. The molecule has 0 saturated heterocycles. The van der Waals surface area contributed by atoms with Crippen LogP contribution < -0.4 is 9.01 Å². The Labute approximate surface area is 184 Å². The maximum absolute atomic E-state index is 12.4. The summed E-state index contributed by atoms with van der Waals surface area (Å²) in [5.74, 6) is -0.0322. The molecule has 166 valence electrons. The number of hydrazone groups is 1.